The van der Waals surface area contributed by atoms with Gasteiger partial charge in [0.05, 0.1) is 0 Å². The van der Waals surface area contributed by atoms with Crippen LogP contribution in [0, 0.1) is 16.7 Å². The normalized spacial score (nSPS) is 39.5. The van der Waals surface area contributed by atoms with Gasteiger partial charge in [-0.3, -0.25) is 0 Å². The van der Waals surface area contributed by atoms with Crippen molar-refractivity contribution in [2.45, 2.75) is 57.9 Å². The molecule has 5 heteroatoms. The molecule has 4 fully saturated rings. The second-order valence-corrected chi connectivity index (χ2v) is 10.8. The minimum atomic E-state index is 0.430. The Bertz CT molecular complexity index is 427. The van der Waals surface area contributed by atoms with E-state index in [4.69, 9.17) is 0 Å². The maximum Gasteiger partial charge on any atom is 0.0195 e. The molecule has 4 bridgehead atoms. The Morgan fingerprint density at radius 3 is 2.12 bits per heavy atom. The highest BCUT2D eigenvalue weighted by Gasteiger charge is 2.59. The fourth-order valence-electron chi connectivity index (χ4n) is 7.04. The molecule has 0 aliphatic heterocycles. The molecule has 0 heterocycles. The highest BCUT2D eigenvalue weighted by atomic mass is 32.1. The maximum absolute atomic E-state index is 4.45. The van der Waals surface area contributed by atoms with Crippen molar-refractivity contribution in [1.82, 2.24) is 15.5 Å². The zero-order valence-electron chi connectivity index (χ0n) is 16.3. The molecule has 4 aliphatic rings. The molecule has 2 N–H and O–H groups in total. The van der Waals surface area contributed by atoms with Gasteiger partial charge in [0.25, 0.3) is 0 Å². The van der Waals surface area contributed by atoms with E-state index >= 15 is 0 Å². The molecule has 146 valence electrons. The van der Waals surface area contributed by atoms with Crippen molar-refractivity contribution in [2.75, 3.05) is 50.8 Å². The molecule has 25 heavy (non-hydrogen) atoms. The first-order valence-corrected chi connectivity index (χ1v) is 11.6. The molecule has 4 saturated carbocycles. The molecule has 2 unspecified atom stereocenters. The third-order valence-corrected chi connectivity index (χ3v) is 7.29. The summed E-state index contributed by atoms with van der Waals surface area (Å²) < 4.78 is 0. The van der Waals surface area contributed by atoms with Crippen molar-refractivity contribution in [2.24, 2.45) is 16.7 Å². The number of hydrogen-bond donors (Lipinski definition) is 4. The Kier molecular flexibility index (Phi) is 6.74. The first-order chi connectivity index (χ1) is 11.9. The van der Waals surface area contributed by atoms with Gasteiger partial charge in [-0.25, -0.2) is 0 Å². The van der Waals surface area contributed by atoms with Crippen LogP contribution in [0.2, 0.25) is 0 Å². The standard InChI is InChI=1S/C20H39N3S2/c1-18-11-17-12-19(2,14-18)16-20(13-17,15-18)22-4-7-23(8-10-25)6-3-21-5-9-24/h17,21-22,24-25H,3-16H2,1-2H3. The molecular weight excluding hydrogens is 346 g/mol. The summed E-state index contributed by atoms with van der Waals surface area (Å²) in [5, 5.41) is 7.52. The molecule has 0 aromatic rings. The predicted octanol–water partition coefficient (Wildman–Crippen LogP) is 3.08. The molecule has 0 radical (unpaired) electrons. The number of thiol groups is 2. The maximum atomic E-state index is 4.45. The summed E-state index contributed by atoms with van der Waals surface area (Å²) in [4.78, 5) is 2.55. The Balaban J connectivity index is 1.49. The van der Waals surface area contributed by atoms with Gasteiger partial charge in [0.1, 0.15) is 0 Å². The van der Waals surface area contributed by atoms with Gasteiger partial charge < -0.3 is 15.5 Å². The lowest BCUT2D eigenvalue weighted by Gasteiger charge is -2.65. The van der Waals surface area contributed by atoms with E-state index in [0.717, 1.165) is 56.7 Å². The third-order valence-electron chi connectivity index (χ3n) is 6.86. The minimum absolute atomic E-state index is 0.430. The molecular formula is C20H39N3S2. The van der Waals surface area contributed by atoms with Crippen LogP contribution in [0.15, 0.2) is 0 Å². The summed E-state index contributed by atoms with van der Waals surface area (Å²) >= 11 is 8.71. The van der Waals surface area contributed by atoms with Crippen LogP contribution in [-0.4, -0.2) is 61.2 Å². The summed E-state index contributed by atoms with van der Waals surface area (Å²) in [5.41, 5.74) is 1.63. The Morgan fingerprint density at radius 1 is 0.840 bits per heavy atom. The van der Waals surface area contributed by atoms with Gasteiger partial charge in [-0.1, -0.05) is 13.8 Å². The lowest BCUT2D eigenvalue weighted by atomic mass is 9.43. The van der Waals surface area contributed by atoms with Gasteiger partial charge in [-0.2, -0.15) is 25.3 Å². The van der Waals surface area contributed by atoms with Gasteiger partial charge >= 0.3 is 0 Å². The van der Waals surface area contributed by atoms with E-state index in [1.54, 1.807) is 0 Å². The van der Waals surface area contributed by atoms with Gasteiger partial charge in [-0.15, -0.1) is 0 Å². The molecule has 4 rings (SSSR count). The zero-order valence-corrected chi connectivity index (χ0v) is 18.1. The van der Waals surface area contributed by atoms with Crippen LogP contribution < -0.4 is 10.6 Å². The Morgan fingerprint density at radius 2 is 1.52 bits per heavy atom. The average molecular weight is 386 g/mol. The Hall–Kier alpha value is 0.580. The number of hydrogen-bond acceptors (Lipinski definition) is 5. The summed E-state index contributed by atoms with van der Waals surface area (Å²) in [6, 6.07) is 0. The molecule has 0 spiro atoms. The molecule has 0 aromatic heterocycles. The van der Waals surface area contributed by atoms with Crippen molar-refractivity contribution in [3.05, 3.63) is 0 Å². The molecule has 0 saturated heterocycles. The van der Waals surface area contributed by atoms with E-state index in [0.29, 0.717) is 16.4 Å². The fraction of sp³-hybridized carbons (Fsp3) is 1.00. The summed E-state index contributed by atoms with van der Waals surface area (Å²) in [7, 11) is 0. The number of nitrogens with zero attached hydrogens (tertiary/aromatic N) is 1. The monoisotopic (exact) mass is 385 g/mol. The molecule has 4 aliphatic carbocycles. The predicted molar refractivity (Wildman–Crippen MR) is 115 cm³/mol. The van der Waals surface area contributed by atoms with Crippen LogP contribution >= 0.6 is 25.3 Å². The SMILES string of the molecule is CC12CC3CC(C)(C1)CC(NCCN(CCS)CCNCCS)(C3)C2. The summed E-state index contributed by atoms with van der Waals surface area (Å²) in [6.07, 6.45) is 8.66. The van der Waals surface area contributed by atoms with Gasteiger partial charge in [-0.05, 0) is 55.3 Å². The van der Waals surface area contributed by atoms with E-state index in [1.165, 1.54) is 38.5 Å². The van der Waals surface area contributed by atoms with Gasteiger partial charge in [0, 0.05) is 56.3 Å². The highest BCUT2D eigenvalue weighted by Crippen LogP contribution is 2.66. The van der Waals surface area contributed by atoms with Crippen LogP contribution in [0.3, 0.4) is 0 Å². The van der Waals surface area contributed by atoms with Gasteiger partial charge in [0.15, 0.2) is 0 Å². The topological polar surface area (TPSA) is 27.3 Å². The average Bonchev–Trinajstić information content (AvgIpc) is 2.47. The first-order valence-electron chi connectivity index (χ1n) is 10.3. The molecule has 3 nitrogen and oxygen atoms in total. The van der Waals surface area contributed by atoms with Gasteiger partial charge in [0.2, 0.25) is 0 Å². The lowest BCUT2D eigenvalue weighted by Crippen LogP contribution is -2.64. The first kappa shape index (κ1) is 20.3. The minimum Gasteiger partial charge on any atom is -0.315 e. The molecule has 0 amide bonds. The van der Waals surface area contributed by atoms with E-state index in [-0.39, 0.29) is 0 Å². The van der Waals surface area contributed by atoms with Crippen molar-refractivity contribution >= 4 is 25.3 Å². The quantitative estimate of drug-likeness (QED) is 0.325. The van der Waals surface area contributed by atoms with E-state index in [9.17, 15) is 0 Å². The van der Waals surface area contributed by atoms with Crippen LogP contribution in [0.25, 0.3) is 0 Å². The number of nitrogens with one attached hydrogen (secondary N) is 2. The second-order valence-electron chi connectivity index (χ2n) is 9.88. The van der Waals surface area contributed by atoms with Crippen LogP contribution in [0.4, 0.5) is 0 Å². The summed E-state index contributed by atoms with van der Waals surface area (Å²) in [5.74, 6) is 2.82. The second kappa shape index (κ2) is 8.30. The smallest absolute Gasteiger partial charge is 0.0195 e. The number of rotatable bonds is 11. The van der Waals surface area contributed by atoms with E-state index in [1.807, 2.05) is 0 Å². The van der Waals surface area contributed by atoms with Crippen molar-refractivity contribution in [3.63, 3.8) is 0 Å². The molecule has 0 aromatic carbocycles. The largest absolute Gasteiger partial charge is 0.315 e. The van der Waals surface area contributed by atoms with Crippen LogP contribution in [0.1, 0.15) is 52.4 Å². The molecule has 2 atom stereocenters. The fourth-order valence-corrected chi connectivity index (χ4v) is 7.48. The zero-order chi connectivity index (χ0) is 18.0. The van der Waals surface area contributed by atoms with Crippen molar-refractivity contribution < 1.29 is 0 Å². The van der Waals surface area contributed by atoms with Crippen LogP contribution in [-0.2, 0) is 0 Å². The van der Waals surface area contributed by atoms with E-state index < -0.39 is 0 Å². The Labute approximate surface area is 166 Å². The van der Waals surface area contributed by atoms with E-state index in [2.05, 4.69) is 54.6 Å². The lowest BCUT2D eigenvalue weighted by molar-refractivity contribution is -0.117. The van der Waals surface area contributed by atoms with Crippen molar-refractivity contribution in [1.29, 1.82) is 0 Å². The highest BCUT2D eigenvalue weighted by molar-refractivity contribution is 7.80. The van der Waals surface area contributed by atoms with Crippen LogP contribution in [0.5, 0.6) is 0 Å². The summed E-state index contributed by atoms with van der Waals surface area (Å²) in [6.45, 7) is 11.6. The third kappa shape index (κ3) is 5.10. The van der Waals surface area contributed by atoms with Crippen molar-refractivity contribution in [3.8, 4) is 0 Å².